The fourth-order valence-electron chi connectivity index (χ4n) is 3.45. The fraction of sp³-hybridized carbons (Fsp3) is 0.130. The largest absolute Gasteiger partial charge is 0.454 e. The van der Waals surface area contributed by atoms with Crippen molar-refractivity contribution in [2.75, 3.05) is 18.6 Å². The molecule has 8 nitrogen and oxygen atoms in total. The molecule has 0 fully saturated rings. The molecular weight excluding hydrogens is 462 g/mol. The minimum atomic E-state index is -3.92. The molecule has 0 radical (unpaired) electrons. The van der Waals surface area contributed by atoms with Crippen molar-refractivity contribution in [2.45, 2.75) is 11.4 Å². The third kappa shape index (κ3) is 4.35. The standard InChI is InChI=1S/C23H19N3O5S2/c1-26(13-22-24-18-7-2-3-8-21(18)32-22)23(27)15-5-4-6-17(11-15)33(28,29)25-16-9-10-19-20(12-16)31-14-30-19/h2-12,25H,13-14H2,1H3. The van der Waals surface area contributed by atoms with Gasteiger partial charge in [0, 0.05) is 18.7 Å². The molecule has 2 heterocycles. The maximum atomic E-state index is 13.0. The zero-order chi connectivity index (χ0) is 23.0. The molecule has 5 rings (SSSR count). The molecule has 33 heavy (non-hydrogen) atoms. The molecule has 168 valence electrons. The molecule has 0 aliphatic carbocycles. The van der Waals surface area contributed by atoms with E-state index in [2.05, 4.69) is 9.71 Å². The van der Waals surface area contributed by atoms with Crippen LogP contribution in [0.25, 0.3) is 10.2 Å². The maximum absolute atomic E-state index is 13.0. The lowest BCUT2D eigenvalue weighted by atomic mass is 10.2. The number of carbonyl (C=O) groups excluding carboxylic acids is 1. The Labute approximate surface area is 194 Å². The number of hydrogen-bond donors (Lipinski definition) is 1. The van der Waals surface area contributed by atoms with E-state index in [1.54, 1.807) is 37.4 Å². The van der Waals surface area contributed by atoms with E-state index in [1.807, 2.05) is 24.3 Å². The minimum absolute atomic E-state index is 0.0144. The summed E-state index contributed by atoms with van der Waals surface area (Å²) in [6, 6.07) is 18.5. The van der Waals surface area contributed by atoms with Crippen LogP contribution in [0.1, 0.15) is 15.4 Å². The number of aromatic nitrogens is 1. The van der Waals surface area contributed by atoms with E-state index in [0.717, 1.165) is 15.2 Å². The zero-order valence-corrected chi connectivity index (χ0v) is 19.2. The van der Waals surface area contributed by atoms with Crippen LogP contribution in [-0.4, -0.2) is 38.0 Å². The number of sulfonamides is 1. The lowest BCUT2D eigenvalue weighted by Crippen LogP contribution is -2.26. The van der Waals surface area contributed by atoms with Gasteiger partial charge in [0.1, 0.15) is 5.01 Å². The van der Waals surface area contributed by atoms with Crippen molar-refractivity contribution < 1.29 is 22.7 Å². The highest BCUT2D eigenvalue weighted by Crippen LogP contribution is 2.35. The number of fused-ring (bicyclic) bond motifs is 2. The van der Waals surface area contributed by atoms with Crippen LogP contribution in [0.2, 0.25) is 0 Å². The first-order valence-electron chi connectivity index (χ1n) is 10.0. The number of rotatable bonds is 6. The topological polar surface area (TPSA) is 97.8 Å². The molecule has 1 aromatic heterocycles. The fourth-order valence-corrected chi connectivity index (χ4v) is 5.57. The second kappa shape index (κ2) is 8.38. The van der Waals surface area contributed by atoms with Crippen molar-refractivity contribution in [1.29, 1.82) is 0 Å². The monoisotopic (exact) mass is 481 g/mol. The summed E-state index contributed by atoms with van der Waals surface area (Å²) in [5.41, 5.74) is 1.50. The molecule has 0 spiro atoms. The van der Waals surface area contributed by atoms with Crippen molar-refractivity contribution >= 4 is 43.2 Å². The highest BCUT2D eigenvalue weighted by Gasteiger charge is 2.21. The number of ether oxygens (including phenoxy) is 2. The van der Waals surface area contributed by atoms with Gasteiger partial charge in [-0.2, -0.15) is 0 Å². The normalized spacial score (nSPS) is 12.6. The molecule has 1 aliphatic rings. The average molecular weight is 482 g/mol. The van der Waals surface area contributed by atoms with Crippen molar-refractivity contribution in [2.24, 2.45) is 0 Å². The minimum Gasteiger partial charge on any atom is -0.454 e. The van der Waals surface area contributed by atoms with Crippen LogP contribution in [-0.2, 0) is 16.6 Å². The van der Waals surface area contributed by atoms with Gasteiger partial charge in [0.25, 0.3) is 15.9 Å². The van der Waals surface area contributed by atoms with Gasteiger partial charge in [-0.25, -0.2) is 13.4 Å². The lowest BCUT2D eigenvalue weighted by Gasteiger charge is -2.16. The summed E-state index contributed by atoms with van der Waals surface area (Å²) in [5, 5.41) is 0.806. The number of nitrogens with one attached hydrogen (secondary N) is 1. The van der Waals surface area contributed by atoms with E-state index < -0.39 is 10.0 Å². The van der Waals surface area contributed by atoms with Crippen LogP contribution in [0.5, 0.6) is 11.5 Å². The van der Waals surface area contributed by atoms with Gasteiger partial charge in [-0.05, 0) is 42.5 Å². The maximum Gasteiger partial charge on any atom is 0.261 e. The molecule has 0 atom stereocenters. The Kier molecular flexibility index (Phi) is 5.39. The Balaban J connectivity index is 1.33. The molecule has 0 saturated heterocycles. The van der Waals surface area contributed by atoms with Gasteiger partial charge in [0.15, 0.2) is 11.5 Å². The van der Waals surface area contributed by atoms with Gasteiger partial charge in [-0.1, -0.05) is 18.2 Å². The molecule has 0 unspecified atom stereocenters. The molecule has 1 aliphatic heterocycles. The van der Waals surface area contributed by atoms with Crippen LogP contribution >= 0.6 is 11.3 Å². The van der Waals surface area contributed by atoms with Crippen LogP contribution in [0, 0.1) is 0 Å². The summed E-state index contributed by atoms with van der Waals surface area (Å²) >= 11 is 1.53. The lowest BCUT2D eigenvalue weighted by molar-refractivity contribution is 0.0785. The Morgan fingerprint density at radius 1 is 1.06 bits per heavy atom. The Hall–Kier alpha value is -3.63. The van der Waals surface area contributed by atoms with E-state index in [1.165, 1.54) is 28.4 Å². The summed E-state index contributed by atoms with van der Waals surface area (Å²) in [4.78, 5) is 19.1. The molecule has 0 saturated carbocycles. The number of para-hydroxylation sites is 1. The number of hydrogen-bond acceptors (Lipinski definition) is 7. The van der Waals surface area contributed by atoms with Crippen LogP contribution in [0.3, 0.4) is 0 Å². The van der Waals surface area contributed by atoms with Gasteiger partial charge in [0.05, 0.1) is 27.3 Å². The van der Waals surface area contributed by atoms with Crippen LogP contribution in [0.15, 0.2) is 71.6 Å². The third-order valence-electron chi connectivity index (χ3n) is 5.07. The third-order valence-corrected chi connectivity index (χ3v) is 7.47. The molecule has 0 bridgehead atoms. The summed E-state index contributed by atoms with van der Waals surface area (Å²) in [5.74, 6) is 0.728. The molecule has 10 heteroatoms. The van der Waals surface area contributed by atoms with Crippen LogP contribution in [0.4, 0.5) is 5.69 Å². The Morgan fingerprint density at radius 2 is 1.88 bits per heavy atom. The first-order valence-corrected chi connectivity index (χ1v) is 12.3. The second-order valence-corrected chi connectivity index (χ2v) is 10.2. The Bertz CT molecular complexity index is 1430. The average Bonchev–Trinajstić information content (AvgIpc) is 3.44. The number of nitrogens with zero attached hydrogens (tertiary/aromatic N) is 2. The van der Waals surface area contributed by atoms with Gasteiger partial charge in [-0.15, -0.1) is 11.3 Å². The highest BCUT2D eigenvalue weighted by atomic mass is 32.2. The molecule has 3 aromatic carbocycles. The summed E-state index contributed by atoms with van der Waals surface area (Å²) in [6.45, 7) is 0.421. The van der Waals surface area contributed by atoms with Gasteiger partial charge in [-0.3, -0.25) is 9.52 Å². The summed E-state index contributed by atoms with van der Waals surface area (Å²) in [6.07, 6.45) is 0. The summed E-state index contributed by atoms with van der Waals surface area (Å²) in [7, 11) is -2.25. The predicted octanol–water partition coefficient (Wildman–Crippen LogP) is 4.10. The second-order valence-electron chi connectivity index (χ2n) is 7.44. The van der Waals surface area contributed by atoms with Gasteiger partial charge < -0.3 is 14.4 Å². The van der Waals surface area contributed by atoms with E-state index in [-0.39, 0.29) is 23.2 Å². The Morgan fingerprint density at radius 3 is 2.73 bits per heavy atom. The number of thiazole rings is 1. The first-order chi connectivity index (χ1) is 15.9. The molecule has 4 aromatic rings. The van der Waals surface area contributed by atoms with E-state index in [4.69, 9.17) is 9.47 Å². The SMILES string of the molecule is CN(Cc1nc2ccccc2s1)C(=O)c1cccc(S(=O)(=O)Nc2ccc3c(c2)OCO3)c1. The van der Waals surface area contributed by atoms with Gasteiger partial charge in [0.2, 0.25) is 6.79 Å². The van der Waals surface area contributed by atoms with E-state index >= 15 is 0 Å². The molecule has 1 N–H and O–H groups in total. The van der Waals surface area contributed by atoms with Crippen molar-refractivity contribution in [3.05, 3.63) is 77.3 Å². The summed E-state index contributed by atoms with van der Waals surface area (Å²) < 4.78 is 40.0. The van der Waals surface area contributed by atoms with Gasteiger partial charge >= 0.3 is 0 Å². The number of benzene rings is 3. The van der Waals surface area contributed by atoms with Crippen molar-refractivity contribution in [3.8, 4) is 11.5 Å². The first kappa shape index (κ1) is 21.2. The smallest absolute Gasteiger partial charge is 0.261 e. The highest BCUT2D eigenvalue weighted by molar-refractivity contribution is 7.92. The molecular formula is C23H19N3O5S2. The van der Waals surface area contributed by atoms with Crippen LogP contribution < -0.4 is 14.2 Å². The predicted molar refractivity (Wildman–Crippen MR) is 125 cm³/mol. The number of carbonyl (C=O) groups is 1. The van der Waals surface area contributed by atoms with Crippen molar-refractivity contribution in [1.82, 2.24) is 9.88 Å². The van der Waals surface area contributed by atoms with E-state index in [9.17, 15) is 13.2 Å². The van der Waals surface area contributed by atoms with E-state index in [0.29, 0.717) is 23.7 Å². The zero-order valence-electron chi connectivity index (χ0n) is 17.5. The van der Waals surface area contributed by atoms with Crippen molar-refractivity contribution in [3.63, 3.8) is 0 Å². The number of amides is 1. The molecule has 1 amide bonds. The number of anilines is 1. The quantitative estimate of drug-likeness (QED) is 0.445.